The van der Waals surface area contributed by atoms with Crippen LogP contribution in [0, 0.1) is 3.70 Å². The highest BCUT2D eigenvalue weighted by atomic mass is 127. The molecule has 3 nitrogen and oxygen atoms in total. The molecule has 0 N–H and O–H groups in total. The van der Waals surface area contributed by atoms with E-state index in [0.717, 1.165) is 15.1 Å². The Bertz CT molecular complexity index is 284. The summed E-state index contributed by atoms with van der Waals surface area (Å²) >= 11 is 3.64. The zero-order valence-corrected chi connectivity index (χ0v) is 9.14. The van der Waals surface area contributed by atoms with Crippen LogP contribution in [0.3, 0.4) is 0 Å². The SMILES string of the molecule is CSc1nc(C=O)c(I)n1C. The Kier molecular flexibility index (Phi) is 2.94. The molecule has 0 atom stereocenters. The van der Waals surface area contributed by atoms with Crippen molar-refractivity contribution in [3.8, 4) is 0 Å². The van der Waals surface area contributed by atoms with Crippen LogP contribution in [0.25, 0.3) is 0 Å². The number of aromatic nitrogens is 2. The molecule has 0 spiro atoms. The molecule has 0 radical (unpaired) electrons. The maximum Gasteiger partial charge on any atom is 0.171 e. The van der Waals surface area contributed by atoms with E-state index in [4.69, 9.17) is 0 Å². The smallest absolute Gasteiger partial charge is 0.171 e. The number of rotatable bonds is 2. The third-order valence-corrected chi connectivity index (χ3v) is 3.31. The fourth-order valence-corrected chi connectivity index (χ4v) is 1.93. The van der Waals surface area contributed by atoms with E-state index in [1.54, 1.807) is 0 Å². The number of thioether (sulfide) groups is 1. The van der Waals surface area contributed by atoms with Gasteiger partial charge in [0.2, 0.25) is 0 Å². The van der Waals surface area contributed by atoms with Crippen molar-refractivity contribution in [2.45, 2.75) is 5.16 Å². The zero-order valence-electron chi connectivity index (χ0n) is 6.17. The summed E-state index contributed by atoms with van der Waals surface area (Å²) < 4.78 is 2.79. The first kappa shape index (κ1) is 9.05. The van der Waals surface area contributed by atoms with Crippen LogP contribution in [0.1, 0.15) is 10.5 Å². The van der Waals surface area contributed by atoms with E-state index in [0.29, 0.717) is 5.69 Å². The molecule has 60 valence electrons. The molecule has 0 saturated carbocycles. The molecule has 1 aromatic heterocycles. The largest absolute Gasteiger partial charge is 0.317 e. The van der Waals surface area contributed by atoms with Gasteiger partial charge in [-0.2, -0.15) is 0 Å². The van der Waals surface area contributed by atoms with Crippen molar-refractivity contribution in [2.75, 3.05) is 6.26 Å². The Morgan fingerprint density at radius 3 is 2.64 bits per heavy atom. The lowest BCUT2D eigenvalue weighted by molar-refractivity contribution is 0.111. The van der Waals surface area contributed by atoms with Gasteiger partial charge in [0.1, 0.15) is 9.39 Å². The van der Waals surface area contributed by atoms with Gasteiger partial charge < -0.3 is 4.57 Å². The molecule has 0 amide bonds. The number of hydrogen-bond donors (Lipinski definition) is 0. The molecule has 0 unspecified atom stereocenters. The first-order valence-electron chi connectivity index (χ1n) is 2.92. The van der Waals surface area contributed by atoms with Gasteiger partial charge in [0.25, 0.3) is 0 Å². The quantitative estimate of drug-likeness (QED) is 0.469. The zero-order chi connectivity index (χ0) is 8.43. The molecule has 5 heteroatoms. The van der Waals surface area contributed by atoms with Gasteiger partial charge in [-0.3, -0.25) is 4.79 Å². The second kappa shape index (κ2) is 3.57. The highest BCUT2D eigenvalue weighted by Crippen LogP contribution is 2.18. The van der Waals surface area contributed by atoms with Gasteiger partial charge in [-0.05, 0) is 28.8 Å². The summed E-state index contributed by atoms with van der Waals surface area (Å²) in [5.41, 5.74) is 0.525. The maximum absolute atomic E-state index is 10.4. The fraction of sp³-hybridized carbons (Fsp3) is 0.333. The third kappa shape index (κ3) is 1.58. The van der Waals surface area contributed by atoms with Crippen molar-refractivity contribution in [3.05, 3.63) is 9.39 Å². The average molecular weight is 282 g/mol. The number of nitrogens with zero attached hydrogens (tertiary/aromatic N) is 2. The van der Waals surface area contributed by atoms with Gasteiger partial charge in [0.15, 0.2) is 11.4 Å². The topological polar surface area (TPSA) is 34.9 Å². The first-order chi connectivity index (χ1) is 5.20. The number of imidazole rings is 1. The normalized spacial score (nSPS) is 10.1. The van der Waals surface area contributed by atoms with Crippen molar-refractivity contribution in [1.82, 2.24) is 9.55 Å². The fourth-order valence-electron chi connectivity index (χ4n) is 0.738. The molecule has 0 aliphatic rings. The van der Waals surface area contributed by atoms with E-state index in [2.05, 4.69) is 27.6 Å². The maximum atomic E-state index is 10.4. The molecule has 0 aromatic carbocycles. The van der Waals surface area contributed by atoms with Crippen molar-refractivity contribution in [3.63, 3.8) is 0 Å². The average Bonchev–Trinajstić information content (AvgIpc) is 2.30. The predicted octanol–water partition coefficient (Wildman–Crippen LogP) is 1.56. The monoisotopic (exact) mass is 282 g/mol. The summed E-state index contributed by atoms with van der Waals surface area (Å²) in [6.07, 6.45) is 2.72. The Morgan fingerprint density at radius 2 is 2.36 bits per heavy atom. The summed E-state index contributed by atoms with van der Waals surface area (Å²) in [5, 5.41) is 0.872. The van der Waals surface area contributed by atoms with Gasteiger partial charge in [0, 0.05) is 7.05 Å². The molecule has 0 saturated heterocycles. The van der Waals surface area contributed by atoms with Crippen molar-refractivity contribution < 1.29 is 4.79 Å². The number of hydrogen-bond acceptors (Lipinski definition) is 3. The molecule has 1 heterocycles. The van der Waals surface area contributed by atoms with Crippen LogP contribution in [0.5, 0.6) is 0 Å². The second-order valence-electron chi connectivity index (χ2n) is 1.95. The van der Waals surface area contributed by atoms with E-state index in [1.807, 2.05) is 17.9 Å². The number of carbonyl (C=O) groups is 1. The first-order valence-corrected chi connectivity index (χ1v) is 5.22. The minimum absolute atomic E-state index is 0.525. The second-order valence-corrected chi connectivity index (χ2v) is 3.75. The molecule has 11 heavy (non-hydrogen) atoms. The van der Waals surface area contributed by atoms with E-state index < -0.39 is 0 Å². The Balaban J connectivity index is 3.22. The molecule has 1 rings (SSSR count). The summed E-state index contributed by atoms with van der Waals surface area (Å²) in [4.78, 5) is 14.5. The molecular weight excluding hydrogens is 275 g/mol. The standard InChI is InChI=1S/C6H7IN2OS/c1-9-5(7)4(3-10)8-6(9)11-2/h3H,1-2H3. The highest BCUT2D eigenvalue weighted by Gasteiger charge is 2.09. The summed E-state index contributed by atoms with van der Waals surface area (Å²) in [7, 11) is 1.90. The molecular formula is C6H7IN2OS. The number of carbonyl (C=O) groups excluding carboxylic acids is 1. The van der Waals surface area contributed by atoms with Crippen molar-refractivity contribution in [1.29, 1.82) is 0 Å². The molecule has 0 aliphatic carbocycles. The van der Waals surface area contributed by atoms with Crippen LogP contribution in [0.2, 0.25) is 0 Å². The summed E-state index contributed by atoms with van der Waals surface area (Å²) in [6.45, 7) is 0. The van der Waals surface area contributed by atoms with E-state index in [-0.39, 0.29) is 0 Å². The van der Waals surface area contributed by atoms with Gasteiger partial charge in [-0.1, -0.05) is 11.8 Å². The van der Waals surface area contributed by atoms with Crippen LogP contribution in [-0.4, -0.2) is 22.1 Å². The van der Waals surface area contributed by atoms with Crippen molar-refractivity contribution in [2.24, 2.45) is 7.05 Å². The van der Waals surface area contributed by atoms with Gasteiger partial charge in [0.05, 0.1) is 0 Å². The molecule has 0 bridgehead atoms. The van der Waals surface area contributed by atoms with Gasteiger partial charge >= 0.3 is 0 Å². The predicted molar refractivity (Wildman–Crippen MR) is 53.1 cm³/mol. The Hall–Kier alpha value is -0.0400. The number of aldehydes is 1. The van der Waals surface area contributed by atoms with Crippen LogP contribution in [0.4, 0.5) is 0 Å². The van der Waals surface area contributed by atoms with Crippen molar-refractivity contribution >= 4 is 40.6 Å². The van der Waals surface area contributed by atoms with Gasteiger partial charge in [-0.25, -0.2) is 4.98 Å². The van der Waals surface area contributed by atoms with Gasteiger partial charge in [-0.15, -0.1) is 0 Å². The molecule has 1 aromatic rings. The molecule has 0 aliphatic heterocycles. The minimum atomic E-state index is 0.525. The Labute approximate surface area is 82.7 Å². The lowest BCUT2D eigenvalue weighted by atomic mass is 10.5. The van der Waals surface area contributed by atoms with Crippen LogP contribution in [-0.2, 0) is 7.05 Å². The third-order valence-electron chi connectivity index (χ3n) is 1.30. The lowest BCUT2D eigenvalue weighted by Crippen LogP contribution is -1.92. The van der Waals surface area contributed by atoms with Crippen LogP contribution < -0.4 is 0 Å². The minimum Gasteiger partial charge on any atom is -0.317 e. The van der Waals surface area contributed by atoms with Crippen LogP contribution in [0.15, 0.2) is 5.16 Å². The molecule has 0 fully saturated rings. The summed E-state index contributed by atoms with van der Waals surface area (Å²) in [5.74, 6) is 0. The Morgan fingerprint density at radius 1 is 1.73 bits per heavy atom. The van der Waals surface area contributed by atoms with E-state index >= 15 is 0 Å². The van der Waals surface area contributed by atoms with E-state index in [9.17, 15) is 4.79 Å². The summed E-state index contributed by atoms with van der Waals surface area (Å²) in [6, 6.07) is 0. The highest BCUT2D eigenvalue weighted by molar-refractivity contribution is 14.1. The lowest BCUT2D eigenvalue weighted by Gasteiger charge is -1.95. The van der Waals surface area contributed by atoms with E-state index in [1.165, 1.54) is 11.8 Å². The van der Waals surface area contributed by atoms with Crippen LogP contribution >= 0.6 is 34.4 Å². The number of halogens is 1.